The fraction of sp³-hybridized carbons (Fsp3) is 0.900. The lowest BCUT2D eigenvalue weighted by Crippen LogP contribution is -2.11. The Kier molecular flexibility index (Phi) is 31.6. The van der Waals surface area contributed by atoms with Gasteiger partial charge in [0.15, 0.2) is 0 Å². The maximum atomic E-state index is 9.76. The first-order valence-electron chi connectivity index (χ1n) is 4.79. The number of carbonyl (C=O) groups is 1. The first-order valence-corrected chi connectivity index (χ1v) is 4.79. The fourth-order valence-electron chi connectivity index (χ4n) is 0.784. The monoisotopic (exact) mass is 190 g/mol. The molecular weight excluding hydrogens is 164 g/mol. The second-order valence-electron chi connectivity index (χ2n) is 2.27. The largest absolute Gasteiger partial charge is 0.359 e. The quantitative estimate of drug-likeness (QED) is 0.476. The van der Waals surface area contributed by atoms with E-state index in [2.05, 4.69) is 5.32 Å². The van der Waals surface area contributed by atoms with Crippen molar-refractivity contribution >= 4 is 6.41 Å². The van der Waals surface area contributed by atoms with Gasteiger partial charge in [-0.2, -0.15) is 0 Å². The van der Waals surface area contributed by atoms with Crippen LogP contribution >= 0.6 is 0 Å². The van der Waals surface area contributed by atoms with Crippen LogP contribution in [0.5, 0.6) is 0 Å². The molecule has 0 saturated heterocycles. The molecule has 82 valence electrons. The Morgan fingerprint density at radius 2 is 1.69 bits per heavy atom. The van der Waals surface area contributed by atoms with Gasteiger partial charge < -0.3 is 11.1 Å². The van der Waals surface area contributed by atoms with Gasteiger partial charge in [0.2, 0.25) is 6.41 Å². The van der Waals surface area contributed by atoms with Gasteiger partial charge in [-0.15, -0.1) is 0 Å². The second-order valence-corrected chi connectivity index (χ2v) is 2.27. The molecule has 0 atom stereocenters. The van der Waals surface area contributed by atoms with E-state index in [1.807, 2.05) is 13.8 Å². The Morgan fingerprint density at radius 1 is 1.15 bits per heavy atom. The van der Waals surface area contributed by atoms with E-state index in [-0.39, 0.29) is 7.43 Å². The Hall–Kier alpha value is -0.570. The lowest BCUT2D eigenvalue weighted by atomic mass is 10.2. The Morgan fingerprint density at radius 3 is 2.15 bits per heavy atom. The molecule has 0 unspecified atom stereocenters. The molecule has 1 amide bonds. The second kappa shape index (κ2) is 22.5. The summed E-state index contributed by atoms with van der Waals surface area (Å²) >= 11 is 0. The van der Waals surface area contributed by atoms with Crippen molar-refractivity contribution in [2.24, 2.45) is 5.73 Å². The summed E-state index contributed by atoms with van der Waals surface area (Å²) in [5.41, 5.74) is 5.30. The number of nitrogens with two attached hydrogens (primary N) is 1. The van der Waals surface area contributed by atoms with E-state index in [1.54, 1.807) is 0 Å². The smallest absolute Gasteiger partial charge is 0.207 e. The van der Waals surface area contributed by atoms with Gasteiger partial charge in [-0.1, -0.05) is 34.1 Å². The molecule has 13 heavy (non-hydrogen) atoms. The minimum Gasteiger partial charge on any atom is -0.359 e. The average molecular weight is 190 g/mol. The van der Waals surface area contributed by atoms with Gasteiger partial charge in [0.05, 0.1) is 0 Å². The number of unbranched alkanes of at least 4 members (excludes halogenated alkanes) is 3. The molecule has 0 aliphatic rings. The van der Waals surface area contributed by atoms with Crippen molar-refractivity contribution in [1.29, 1.82) is 0 Å². The van der Waals surface area contributed by atoms with Gasteiger partial charge in [0.25, 0.3) is 0 Å². The maximum Gasteiger partial charge on any atom is 0.207 e. The van der Waals surface area contributed by atoms with E-state index in [0.29, 0.717) is 0 Å². The van der Waals surface area contributed by atoms with E-state index in [4.69, 9.17) is 5.73 Å². The van der Waals surface area contributed by atoms with Crippen LogP contribution in [0.4, 0.5) is 0 Å². The summed E-state index contributed by atoms with van der Waals surface area (Å²) in [4.78, 5) is 9.76. The van der Waals surface area contributed by atoms with Gasteiger partial charge in [-0.25, -0.2) is 0 Å². The topological polar surface area (TPSA) is 55.1 Å². The summed E-state index contributed by atoms with van der Waals surface area (Å²) < 4.78 is 0. The molecule has 0 heterocycles. The molecule has 0 aliphatic heterocycles. The van der Waals surface area contributed by atoms with Crippen LogP contribution in [0.25, 0.3) is 0 Å². The molecule has 0 spiro atoms. The Labute approximate surface area is 83.1 Å². The molecule has 3 N–H and O–H groups in total. The minimum absolute atomic E-state index is 0. The van der Waals surface area contributed by atoms with Crippen molar-refractivity contribution in [1.82, 2.24) is 5.32 Å². The van der Waals surface area contributed by atoms with Gasteiger partial charge in [-0.3, -0.25) is 4.79 Å². The summed E-state index contributed by atoms with van der Waals surface area (Å²) in [5.74, 6) is 0. The maximum absolute atomic E-state index is 9.76. The molecule has 0 bridgehead atoms. The normalized spacial score (nSPS) is 7.62. The van der Waals surface area contributed by atoms with Crippen molar-refractivity contribution in [3.8, 4) is 0 Å². The van der Waals surface area contributed by atoms with Gasteiger partial charge in [-0.05, 0) is 19.4 Å². The van der Waals surface area contributed by atoms with E-state index >= 15 is 0 Å². The number of amides is 1. The summed E-state index contributed by atoms with van der Waals surface area (Å²) in [6.45, 7) is 5.58. The SMILES string of the molecule is C.CC.NCCCCCCNC=O. The van der Waals surface area contributed by atoms with Gasteiger partial charge in [0, 0.05) is 6.54 Å². The van der Waals surface area contributed by atoms with Crippen LogP contribution in [-0.4, -0.2) is 19.5 Å². The zero-order valence-corrected chi connectivity index (χ0v) is 8.31. The van der Waals surface area contributed by atoms with E-state index < -0.39 is 0 Å². The highest BCUT2D eigenvalue weighted by atomic mass is 16.1. The third-order valence-electron chi connectivity index (χ3n) is 1.36. The zero-order valence-electron chi connectivity index (χ0n) is 8.31. The molecule has 0 aromatic rings. The number of hydrogen-bond donors (Lipinski definition) is 2. The predicted octanol–water partition coefficient (Wildman–Crippen LogP) is 1.91. The lowest BCUT2D eigenvalue weighted by Gasteiger charge is -1.97. The molecule has 0 aromatic carbocycles. The Bertz CT molecular complexity index is 77.3. The van der Waals surface area contributed by atoms with Crippen LogP contribution in [0, 0.1) is 0 Å². The zero-order chi connectivity index (χ0) is 9.66. The number of rotatable bonds is 7. The van der Waals surface area contributed by atoms with Crippen LogP contribution in [0.1, 0.15) is 47.0 Å². The summed E-state index contributed by atoms with van der Waals surface area (Å²) in [6, 6.07) is 0. The molecule has 0 aliphatic carbocycles. The highest BCUT2D eigenvalue weighted by molar-refractivity contribution is 5.45. The van der Waals surface area contributed by atoms with Crippen LogP contribution in [0.2, 0.25) is 0 Å². The first kappa shape index (κ1) is 18.3. The van der Waals surface area contributed by atoms with Crippen molar-refractivity contribution in [2.75, 3.05) is 13.1 Å². The third-order valence-corrected chi connectivity index (χ3v) is 1.36. The van der Waals surface area contributed by atoms with E-state index in [1.165, 1.54) is 6.42 Å². The highest BCUT2D eigenvalue weighted by Gasteiger charge is 1.86. The number of hydrogen-bond acceptors (Lipinski definition) is 2. The molecule has 0 aromatic heterocycles. The van der Waals surface area contributed by atoms with Gasteiger partial charge in [0.1, 0.15) is 0 Å². The van der Waals surface area contributed by atoms with Crippen molar-refractivity contribution in [3.63, 3.8) is 0 Å². The molecule has 3 nitrogen and oxygen atoms in total. The van der Waals surface area contributed by atoms with Crippen LogP contribution in [0.15, 0.2) is 0 Å². The minimum atomic E-state index is 0. The molecule has 0 fully saturated rings. The van der Waals surface area contributed by atoms with Crippen LogP contribution in [-0.2, 0) is 4.79 Å². The molecule has 0 radical (unpaired) electrons. The summed E-state index contributed by atoms with van der Waals surface area (Å²) in [7, 11) is 0. The van der Waals surface area contributed by atoms with Crippen molar-refractivity contribution in [2.45, 2.75) is 47.0 Å². The first-order chi connectivity index (χ1) is 5.91. The Balaban J connectivity index is -0.000000309. The number of nitrogens with one attached hydrogen (secondary N) is 1. The summed E-state index contributed by atoms with van der Waals surface area (Å²) in [6.07, 6.45) is 5.25. The standard InChI is InChI=1S/C7H16N2O.C2H6.CH4/c8-5-3-1-2-4-6-9-7-10;1-2;/h7H,1-6,8H2,(H,9,10);1-2H3;1H4. The van der Waals surface area contributed by atoms with E-state index in [9.17, 15) is 4.79 Å². The fourth-order valence-corrected chi connectivity index (χ4v) is 0.784. The van der Waals surface area contributed by atoms with Crippen LogP contribution in [0.3, 0.4) is 0 Å². The highest BCUT2D eigenvalue weighted by Crippen LogP contribution is 1.96. The summed E-state index contributed by atoms with van der Waals surface area (Å²) in [5, 5.41) is 2.61. The molecule has 3 heteroatoms. The number of carbonyl (C=O) groups excluding carboxylic acids is 1. The average Bonchev–Trinajstić information content (AvgIpc) is 2.15. The van der Waals surface area contributed by atoms with Crippen LogP contribution < -0.4 is 11.1 Å². The lowest BCUT2D eigenvalue weighted by molar-refractivity contribution is -0.109. The predicted molar refractivity (Wildman–Crippen MR) is 59.7 cm³/mol. The van der Waals surface area contributed by atoms with Gasteiger partial charge >= 0.3 is 0 Å². The van der Waals surface area contributed by atoms with E-state index in [0.717, 1.165) is 38.8 Å². The third kappa shape index (κ3) is 24.6. The van der Waals surface area contributed by atoms with Crippen molar-refractivity contribution in [3.05, 3.63) is 0 Å². The molecular formula is C10H26N2O. The van der Waals surface area contributed by atoms with Crippen molar-refractivity contribution < 1.29 is 4.79 Å². The molecule has 0 rings (SSSR count). The molecule has 0 saturated carbocycles.